The number of carbonyl (C=O) groups excluding carboxylic acids is 1. The quantitative estimate of drug-likeness (QED) is 0.778. The molecule has 7 nitrogen and oxygen atoms in total. The molecule has 1 N–H and O–H groups in total. The van der Waals surface area contributed by atoms with E-state index in [1.165, 1.54) is 29.2 Å². The third-order valence-corrected chi connectivity index (χ3v) is 3.16. The number of aromatic nitrogens is 2. The second kappa shape index (κ2) is 8.00. The summed E-state index contributed by atoms with van der Waals surface area (Å²) in [6, 6.07) is 5.68. The zero-order chi connectivity index (χ0) is 17.5. The highest BCUT2D eigenvalue weighted by molar-refractivity contribution is 5.92. The van der Waals surface area contributed by atoms with E-state index in [9.17, 15) is 14.0 Å². The number of benzene rings is 1. The van der Waals surface area contributed by atoms with Crippen molar-refractivity contribution in [2.75, 3.05) is 20.2 Å². The molecule has 1 heterocycles. The maximum Gasteiger partial charge on any atom is 0.356 e. The number of amides is 1. The van der Waals surface area contributed by atoms with Crippen molar-refractivity contribution in [1.82, 2.24) is 14.9 Å². The number of halogens is 1. The third kappa shape index (κ3) is 4.73. The molecule has 0 aliphatic carbocycles. The predicted octanol–water partition coefficient (Wildman–Crippen LogP) is 1.85. The largest absolute Gasteiger partial charge is 0.494 e. The van der Waals surface area contributed by atoms with Crippen molar-refractivity contribution < 1.29 is 23.8 Å². The van der Waals surface area contributed by atoms with E-state index >= 15 is 0 Å². The molecule has 0 aliphatic rings. The van der Waals surface area contributed by atoms with E-state index in [1.54, 1.807) is 7.05 Å². The maximum absolute atomic E-state index is 12.8. The van der Waals surface area contributed by atoms with Gasteiger partial charge in [-0.1, -0.05) is 0 Å². The number of hydrogen-bond donors (Lipinski definition) is 1. The standard InChI is InChI=1S/C16H16FN3O4/c1-20(7-2-8-24-12-5-3-11(17)4-6-12)15(21)13-9-19-14(10-18-13)16(22)23/h3-6,9-10H,2,7-8H2,1H3,(H,22,23). The topological polar surface area (TPSA) is 92.6 Å². The lowest BCUT2D eigenvalue weighted by atomic mass is 10.3. The highest BCUT2D eigenvalue weighted by atomic mass is 19.1. The maximum atomic E-state index is 12.8. The van der Waals surface area contributed by atoms with Gasteiger partial charge >= 0.3 is 5.97 Å². The molecule has 0 atom stereocenters. The summed E-state index contributed by atoms with van der Waals surface area (Å²) in [4.78, 5) is 31.7. The molecule has 0 aliphatic heterocycles. The van der Waals surface area contributed by atoms with Gasteiger partial charge in [0.25, 0.3) is 5.91 Å². The number of carboxylic acid groups (broad SMARTS) is 1. The smallest absolute Gasteiger partial charge is 0.356 e. The lowest BCUT2D eigenvalue weighted by Gasteiger charge is -2.16. The number of rotatable bonds is 7. The van der Waals surface area contributed by atoms with Crippen LogP contribution in [0, 0.1) is 5.82 Å². The highest BCUT2D eigenvalue weighted by Crippen LogP contribution is 2.11. The summed E-state index contributed by atoms with van der Waals surface area (Å²) < 4.78 is 18.2. The number of aromatic carboxylic acids is 1. The van der Waals surface area contributed by atoms with E-state index in [2.05, 4.69) is 9.97 Å². The number of nitrogens with zero attached hydrogens (tertiary/aromatic N) is 3. The Morgan fingerprint density at radius 1 is 1.17 bits per heavy atom. The number of carboxylic acids is 1. The molecular weight excluding hydrogens is 317 g/mol. The SMILES string of the molecule is CN(CCCOc1ccc(F)cc1)C(=O)c1cnc(C(=O)O)cn1. The van der Waals surface area contributed by atoms with Crippen LogP contribution in [-0.4, -0.2) is 52.1 Å². The van der Waals surface area contributed by atoms with Crippen molar-refractivity contribution in [3.05, 3.63) is 53.9 Å². The third-order valence-electron chi connectivity index (χ3n) is 3.16. The molecule has 0 saturated carbocycles. The van der Waals surface area contributed by atoms with Gasteiger partial charge in [0.15, 0.2) is 5.69 Å². The molecular formula is C16H16FN3O4. The minimum atomic E-state index is -1.20. The summed E-state index contributed by atoms with van der Waals surface area (Å²) in [5.41, 5.74) is -0.149. The summed E-state index contributed by atoms with van der Waals surface area (Å²) in [7, 11) is 1.60. The average molecular weight is 333 g/mol. The first-order chi connectivity index (χ1) is 11.5. The molecule has 2 rings (SSSR count). The minimum absolute atomic E-state index is 0.0713. The van der Waals surface area contributed by atoms with Gasteiger partial charge in [-0.3, -0.25) is 4.79 Å². The summed E-state index contributed by atoms with van der Waals surface area (Å²) >= 11 is 0. The number of carbonyl (C=O) groups is 2. The molecule has 126 valence electrons. The molecule has 0 spiro atoms. The number of ether oxygens (including phenoxy) is 1. The normalized spacial score (nSPS) is 10.2. The van der Waals surface area contributed by atoms with Crippen LogP contribution in [0.25, 0.3) is 0 Å². The van der Waals surface area contributed by atoms with Gasteiger partial charge in [-0.05, 0) is 30.7 Å². The molecule has 1 amide bonds. The molecule has 0 fully saturated rings. The summed E-state index contributed by atoms with van der Waals surface area (Å²) in [5, 5.41) is 8.74. The van der Waals surface area contributed by atoms with Crippen LogP contribution in [0.2, 0.25) is 0 Å². The number of hydrogen-bond acceptors (Lipinski definition) is 5. The summed E-state index contributed by atoms with van der Waals surface area (Å²) in [6.45, 7) is 0.787. The fraction of sp³-hybridized carbons (Fsp3) is 0.250. The van der Waals surface area contributed by atoms with E-state index in [0.717, 1.165) is 12.4 Å². The van der Waals surface area contributed by atoms with Gasteiger partial charge in [-0.15, -0.1) is 0 Å². The van der Waals surface area contributed by atoms with Gasteiger partial charge in [0, 0.05) is 13.6 Å². The van der Waals surface area contributed by atoms with E-state index in [1.807, 2.05) is 0 Å². The van der Waals surface area contributed by atoms with Crippen LogP contribution in [0.3, 0.4) is 0 Å². The molecule has 2 aromatic rings. The van der Waals surface area contributed by atoms with Crippen LogP contribution < -0.4 is 4.74 Å². The monoisotopic (exact) mass is 333 g/mol. The highest BCUT2D eigenvalue weighted by Gasteiger charge is 2.14. The van der Waals surface area contributed by atoms with Gasteiger partial charge < -0.3 is 14.7 Å². The zero-order valence-corrected chi connectivity index (χ0v) is 13.0. The van der Waals surface area contributed by atoms with Gasteiger partial charge in [0.2, 0.25) is 0 Å². The van der Waals surface area contributed by atoms with E-state index in [4.69, 9.17) is 9.84 Å². The van der Waals surface area contributed by atoms with Gasteiger partial charge in [0.1, 0.15) is 17.3 Å². The average Bonchev–Trinajstić information content (AvgIpc) is 2.59. The Morgan fingerprint density at radius 2 is 1.79 bits per heavy atom. The van der Waals surface area contributed by atoms with Gasteiger partial charge in [0.05, 0.1) is 19.0 Å². The van der Waals surface area contributed by atoms with Crippen molar-refractivity contribution in [3.8, 4) is 5.75 Å². The Labute approximate surface area is 137 Å². The molecule has 0 unspecified atom stereocenters. The van der Waals surface area contributed by atoms with E-state index < -0.39 is 5.97 Å². The van der Waals surface area contributed by atoms with Gasteiger partial charge in [-0.25, -0.2) is 19.2 Å². The van der Waals surface area contributed by atoms with E-state index in [-0.39, 0.29) is 23.1 Å². The lowest BCUT2D eigenvalue weighted by Crippen LogP contribution is -2.29. The summed E-state index contributed by atoms with van der Waals surface area (Å²) in [5.74, 6) is -1.34. The van der Waals surface area contributed by atoms with Crippen LogP contribution in [-0.2, 0) is 0 Å². The second-order valence-electron chi connectivity index (χ2n) is 4.97. The molecule has 8 heteroatoms. The van der Waals surface area contributed by atoms with Crippen LogP contribution in [0.5, 0.6) is 5.75 Å². The molecule has 1 aromatic heterocycles. The van der Waals surface area contributed by atoms with Crippen LogP contribution >= 0.6 is 0 Å². The Hall–Kier alpha value is -3.03. The lowest BCUT2D eigenvalue weighted by molar-refractivity contribution is 0.0687. The molecule has 24 heavy (non-hydrogen) atoms. The minimum Gasteiger partial charge on any atom is -0.494 e. The Balaban J connectivity index is 1.79. The Kier molecular flexibility index (Phi) is 5.78. The van der Waals surface area contributed by atoms with Gasteiger partial charge in [-0.2, -0.15) is 0 Å². The second-order valence-corrected chi connectivity index (χ2v) is 4.97. The zero-order valence-electron chi connectivity index (χ0n) is 13.0. The first-order valence-electron chi connectivity index (χ1n) is 7.16. The van der Waals surface area contributed by atoms with Crippen molar-refractivity contribution in [2.45, 2.75) is 6.42 Å². The molecule has 0 radical (unpaired) electrons. The summed E-state index contributed by atoms with van der Waals surface area (Å²) in [6.07, 6.45) is 2.75. The van der Waals surface area contributed by atoms with Crippen LogP contribution in [0.4, 0.5) is 4.39 Å². The molecule has 0 bridgehead atoms. The molecule has 1 aromatic carbocycles. The van der Waals surface area contributed by atoms with Crippen molar-refractivity contribution in [1.29, 1.82) is 0 Å². The van der Waals surface area contributed by atoms with Crippen molar-refractivity contribution in [3.63, 3.8) is 0 Å². The van der Waals surface area contributed by atoms with Crippen molar-refractivity contribution >= 4 is 11.9 Å². The Bertz CT molecular complexity index is 704. The predicted molar refractivity (Wildman–Crippen MR) is 82.5 cm³/mol. The first-order valence-corrected chi connectivity index (χ1v) is 7.16. The Morgan fingerprint density at radius 3 is 2.38 bits per heavy atom. The fourth-order valence-electron chi connectivity index (χ4n) is 1.87. The fourth-order valence-corrected chi connectivity index (χ4v) is 1.87. The first kappa shape index (κ1) is 17.3. The molecule has 0 saturated heterocycles. The van der Waals surface area contributed by atoms with Crippen molar-refractivity contribution in [2.24, 2.45) is 0 Å². The van der Waals surface area contributed by atoms with Crippen LogP contribution in [0.15, 0.2) is 36.7 Å². The van der Waals surface area contributed by atoms with E-state index in [0.29, 0.717) is 25.3 Å². The van der Waals surface area contributed by atoms with Crippen LogP contribution in [0.1, 0.15) is 27.4 Å².